The van der Waals surface area contributed by atoms with E-state index >= 15 is 0 Å². The number of aromatic nitrogens is 1. The van der Waals surface area contributed by atoms with Gasteiger partial charge in [-0.1, -0.05) is 20.8 Å². The second-order valence-corrected chi connectivity index (χ2v) is 7.23. The van der Waals surface area contributed by atoms with Gasteiger partial charge in [-0.3, -0.25) is 4.90 Å². The van der Waals surface area contributed by atoms with E-state index in [9.17, 15) is 0 Å². The van der Waals surface area contributed by atoms with Crippen molar-refractivity contribution in [2.45, 2.75) is 59.0 Å². The molecular weight excluding hydrogens is 266 g/mol. The Bertz CT molecular complexity index is 389. The smallest absolute Gasteiger partial charge is 0.0928 e. The zero-order valence-corrected chi connectivity index (χ0v) is 14.0. The van der Waals surface area contributed by atoms with Crippen LogP contribution >= 0.6 is 11.3 Å². The van der Waals surface area contributed by atoms with E-state index in [4.69, 9.17) is 4.98 Å². The first kappa shape index (κ1) is 15.9. The van der Waals surface area contributed by atoms with Crippen LogP contribution in [-0.4, -0.2) is 35.6 Å². The topological polar surface area (TPSA) is 28.2 Å². The Morgan fingerprint density at radius 1 is 1.50 bits per heavy atom. The normalized spacial score (nSPS) is 20.7. The van der Waals surface area contributed by atoms with Gasteiger partial charge in [0.1, 0.15) is 0 Å². The van der Waals surface area contributed by atoms with Crippen molar-refractivity contribution in [2.75, 3.05) is 19.6 Å². The molecule has 0 aromatic carbocycles. The molecule has 0 spiro atoms. The molecule has 1 N–H and O–H groups in total. The van der Waals surface area contributed by atoms with Crippen LogP contribution in [0.3, 0.4) is 0 Å². The number of thiazole rings is 1. The maximum absolute atomic E-state index is 4.75. The van der Waals surface area contributed by atoms with Crippen molar-refractivity contribution in [2.24, 2.45) is 5.92 Å². The average Bonchev–Trinajstić information content (AvgIpc) is 2.85. The summed E-state index contributed by atoms with van der Waals surface area (Å²) in [5.41, 5.74) is 1.27. The molecule has 114 valence electrons. The lowest BCUT2D eigenvalue weighted by atomic mass is 9.97. The minimum atomic E-state index is 0.598. The third-order valence-electron chi connectivity index (χ3n) is 3.87. The summed E-state index contributed by atoms with van der Waals surface area (Å²) >= 11 is 1.83. The van der Waals surface area contributed by atoms with E-state index in [1.54, 1.807) is 0 Å². The van der Waals surface area contributed by atoms with Gasteiger partial charge in [-0.25, -0.2) is 4.98 Å². The first-order valence-electron chi connectivity index (χ1n) is 8.06. The van der Waals surface area contributed by atoms with Crippen LogP contribution in [0.25, 0.3) is 0 Å². The molecule has 0 saturated carbocycles. The first-order chi connectivity index (χ1) is 9.67. The predicted molar refractivity (Wildman–Crippen MR) is 87.2 cm³/mol. The van der Waals surface area contributed by atoms with Crippen molar-refractivity contribution >= 4 is 11.3 Å². The maximum atomic E-state index is 4.75. The van der Waals surface area contributed by atoms with E-state index in [-0.39, 0.29) is 0 Å². The minimum Gasteiger partial charge on any atom is -0.314 e. The van der Waals surface area contributed by atoms with Crippen molar-refractivity contribution in [3.63, 3.8) is 0 Å². The summed E-state index contributed by atoms with van der Waals surface area (Å²) < 4.78 is 0. The number of nitrogens with one attached hydrogen (secondary N) is 1. The molecule has 4 heteroatoms. The number of nitrogens with zero attached hydrogens (tertiary/aromatic N) is 2. The zero-order valence-electron chi connectivity index (χ0n) is 13.2. The zero-order chi connectivity index (χ0) is 14.4. The van der Waals surface area contributed by atoms with Crippen LogP contribution in [-0.2, 0) is 13.0 Å². The van der Waals surface area contributed by atoms with Gasteiger partial charge in [0.05, 0.1) is 10.7 Å². The van der Waals surface area contributed by atoms with Crippen LogP contribution in [0.1, 0.15) is 50.7 Å². The third kappa shape index (κ3) is 5.15. The molecule has 1 aromatic heterocycles. The summed E-state index contributed by atoms with van der Waals surface area (Å²) in [4.78, 5) is 7.34. The van der Waals surface area contributed by atoms with Crippen LogP contribution in [0, 0.1) is 5.92 Å². The highest BCUT2D eigenvalue weighted by Crippen LogP contribution is 2.19. The van der Waals surface area contributed by atoms with E-state index in [0.29, 0.717) is 6.04 Å². The molecule has 1 aromatic rings. The van der Waals surface area contributed by atoms with Crippen molar-refractivity contribution < 1.29 is 0 Å². The summed E-state index contributed by atoms with van der Waals surface area (Å²) in [5, 5.41) is 7.13. The van der Waals surface area contributed by atoms with Crippen LogP contribution in [0.4, 0.5) is 0 Å². The standard InChI is InChI=1S/C16H29N3S/c1-4-6-16-18-15(12-20-16)11-19-8-5-7-14(10-19)9-17-13(2)3/h12-14,17H,4-11H2,1-3H3. The molecule has 1 atom stereocenters. The third-order valence-corrected chi connectivity index (χ3v) is 4.82. The Morgan fingerprint density at radius 2 is 2.35 bits per heavy atom. The molecule has 1 aliphatic rings. The Balaban J connectivity index is 1.79. The summed E-state index contributed by atoms with van der Waals surface area (Å²) in [6, 6.07) is 0.598. The molecule has 1 fully saturated rings. The monoisotopic (exact) mass is 295 g/mol. The average molecular weight is 295 g/mol. The van der Waals surface area contributed by atoms with Crippen LogP contribution in [0.15, 0.2) is 5.38 Å². The lowest BCUT2D eigenvalue weighted by Crippen LogP contribution is -2.40. The Kier molecular flexibility index (Phi) is 6.46. The summed E-state index contributed by atoms with van der Waals surface area (Å²) in [6.45, 7) is 11.3. The van der Waals surface area contributed by atoms with E-state index in [2.05, 4.69) is 36.4 Å². The van der Waals surface area contributed by atoms with Crippen molar-refractivity contribution in [3.05, 3.63) is 16.1 Å². The van der Waals surface area contributed by atoms with E-state index < -0.39 is 0 Å². The number of aryl methyl sites for hydroxylation is 1. The fourth-order valence-electron chi connectivity index (χ4n) is 2.84. The van der Waals surface area contributed by atoms with Crippen LogP contribution < -0.4 is 5.32 Å². The molecular formula is C16H29N3S. The Morgan fingerprint density at radius 3 is 3.10 bits per heavy atom. The van der Waals surface area contributed by atoms with Gasteiger partial charge >= 0.3 is 0 Å². The molecule has 0 bridgehead atoms. The first-order valence-corrected chi connectivity index (χ1v) is 8.94. The van der Waals surface area contributed by atoms with Gasteiger partial charge in [0.2, 0.25) is 0 Å². The van der Waals surface area contributed by atoms with Crippen LogP contribution in [0.2, 0.25) is 0 Å². The number of likely N-dealkylation sites (tertiary alicyclic amines) is 1. The SMILES string of the molecule is CCCc1nc(CN2CCCC(CNC(C)C)C2)cs1. The quantitative estimate of drug-likeness (QED) is 0.836. The minimum absolute atomic E-state index is 0.598. The van der Waals surface area contributed by atoms with Crippen LogP contribution in [0.5, 0.6) is 0 Å². The van der Waals surface area contributed by atoms with Gasteiger partial charge in [0.15, 0.2) is 0 Å². The Labute approximate surface area is 127 Å². The number of rotatable bonds is 7. The summed E-state index contributed by atoms with van der Waals surface area (Å²) in [6.07, 6.45) is 5.02. The van der Waals surface area contributed by atoms with Gasteiger partial charge in [0, 0.05) is 24.5 Å². The molecule has 2 heterocycles. The fraction of sp³-hybridized carbons (Fsp3) is 0.812. The molecule has 0 amide bonds. The van der Waals surface area contributed by atoms with Gasteiger partial charge in [-0.05, 0) is 44.7 Å². The highest BCUT2D eigenvalue weighted by molar-refractivity contribution is 7.09. The largest absolute Gasteiger partial charge is 0.314 e. The van der Waals surface area contributed by atoms with E-state index in [0.717, 1.165) is 25.4 Å². The van der Waals surface area contributed by atoms with E-state index in [1.165, 1.54) is 43.1 Å². The second-order valence-electron chi connectivity index (χ2n) is 6.29. The predicted octanol–water partition coefficient (Wildman–Crippen LogP) is 3.31. The molecule has 20 heavy (non-hydrogen) atoms. The summed E-state index contributed by atoms with van der Waals surface area (Å²) in [7, 11) is 0. The van der Waals surface area contributed by atoms with E-state index in [1.807, 2.05) is 11.3 Å². The molecule has 0 radical (unpaired) electrons. The maximum Gasteiger partial charge on any atom is 0.0928 e. The van der Waals surface area contributed by atoms with Gasteiger partial charge < -0.3 is 5.32 Å². The van der Waals surface area contributed by atoms with Crippen molar-refractivity contribution in [3.8, 4) is 0 Å². The highest BCUT2D eigenvalue weighted by atomic mass is 32.1. The second kappa shape index (κ2) is 8.11. The summed E-state index contributed by atoms with van der Waals surface area (Å²) in [5.74, 6) is 0.805. The van der Waals surface area contributed by atoms with Crippen molar-refractivity contribution in [1.82, 2.24) is 15.2 Å². The number of piperidine rings is 1. The molecule has 1 saturated heterocycles. The molecule has 1 aliphatic heterocycles. The molecule has 3 nitrogen and oxygen atoms in total. The molecule has 1 unspecified atom stereocenters. The fourth-order valence-corrected chi connectivity index (χ4v) is 3.73. The Hall–Kier alpha value is -0.450. The lowest BCUT2D eigenvalue weighted by molar-refractivity contribution is 0.162. The van der Waals surface area contributed by atoms with Gasteiger partial charge in [0.25, 0.3) is 0 Å². The molecule has 0 aliphatic carbocycles. The van der Waals surface area contributed by atoms with Gasteiger partial charge in [-0.15, -0.1) is 11.3 Å². The highest BCUT2D eigenvalue weighted by Gasteiger charge is 2.20. The number of hydrogen-bond donors (Lipinski definition) is 1. The number of hydrogen-bond acceptors (Lipinski definition) is 4. The lowest BCUT2D eigenvalue weighted by Gasteiger charge is -2.32. The van der Waals surface area contributed by atoms with Crippen molar-refractivity contribution in [1.29, 1.82) is 0 Å². The molecule has 2 rings (SSSR count). The van der Waals surface area contributed by atoms with Gasteiger partial charge in [-0.2, -0.15) is 0 Å².